The Hall–Kier alpha value is -2.49. The first-order valence-corrected chi connectivity index (χ1v) is 9.42. The van der Waals surface area contributed by atoms with Crippen LogP contribution >= 0.6 is 0 Å². The van der Waals surface area contributed by atoms with Gasteiger partial charge in [0, 0.05) is 19.0 Å². The first-order valence-electron chi connectivity index (χ1n) is 9.42. The summed E-state index contributed by atoms with van der Waals surface area (Å²) < 4.78 is 11.3. The fourth-order valence-corrected chi connectivity index (χ4v) is 3.32. The summed E-state index contributed by atoms with van der Waals surface area (Å²) in [6, 6.07) is 17.7. The summed E-state index contributed by atoms with van der Waals surface area (Å²) in [6.45, 7) is 4.90. The minimum atomic E-state index is 0.193. The number of carbonyl (C=O) groups is 1. The Balaban J connectivity index is 1.49. The van der Waals surface area contributed by atoms with Crippen LogP contribution in [0.15, 0.2) is 54.6 Å². The molecule has 2 aromatic carbocycles. The fraction of sp³-hybridized carbons (Fsp3) is 0.409. The van der Waals surface area contributed by atoms with Crippen molar-refractivity contribution < 1.29 is 14.3 Å². The minimum Gasteiger partial charge on any atom is -0.494 e. The molecule has 26 heavy (non-hydrogen) atoms. The summed E-state index contributed by atoms with van der Waals surface area (Å²) in [7, 11) is 0. The Morgan fingerprint density at radius 1 is 1.04 bits per heavy atom. The highest BCUT2D eigenvalue weighted by Gasteiger charge is 2.24. The van der Waals surface area contributed by atoms with Crippen LogP contribution in [-0.2, 0) is 11.2 Å². The number of amides is 1. The fourth-order valence-electron chi connectivity index (χ4n) is 3.32. The van der Waals surface area contributed by atoms with Crippen molar-refractivity contribution in [3.05, 3.63) is 60.2 Å². The second-order valence-corrected chi connectivity index (χ2v) is 6.73. The number of hydrogen-bond donors (Lipinski definition) is 0. The van der Waals surface area contributed by atoms with Crippen LogP contribution < -0.4 is 9.47 Å². The number of hydrogen-bond acceptors (Lipinski definition) is 3. The van der Waals surface area contributed by atoms with Crippen molar-refractivity contribution in [1.82, 2.24) is 4.90 Å². The number of likely N-dealkylation sites (tertiary alicyclic amines) is 1. The predicted octanol–water partition coefficient (Wildman–Crippen LogP) is 3.95. The molecule has 1 aliphatic rings. The summed E-state index contributed by atoms with van der Waals surface area (Å²) in [4.78, 5) is 14.6. The third-order valence-corrected chi connectivity index (χ3v) is 4.69. The van der Waals surface area contributed by atoms with E-state index in [1.165, 1.54) is 0 Å². The molecule has 3 rings (SSSR count). The van der Waals surface area contributed by atoms with Crippen LogP contribution in [0.3, 0.4) is 0 Å². The van der Waals surface area contributed by atoms with Crippen LogP contribution in [0.4, 0.5) is 0 Å². The van der Waals surface area contributed by atoms with E-state index in [0.29, 0.717) is 25.6 Å². The van der Waals surface area contributed by atoms with Crippen LogP contribution in [0.2, 0.25) is 0 Å². The van der Waals surface area contributed by atoms with Crippen LogP contribution in [0.5, 0.6) is 11.5 Å². The molecule has 1 atom stereocenters. The van der Waals surface area contributed by atoms with Gasteiger partial charge in [0.15, 0.2) is 0 Å². The minimum absolute atomic E-state index is 0.193. The van der Waals surface area contributed by atoms with Gasteiger partial charge in [0.25, 0.3) is 0 Å². The molecule has 1 saturated heterocycles. The number of rotatable bonds is 7. The topological polar surface area (TPSA) is 38.8 Å². The van der Waals surface area contributed by atoms with E-state index in [0.717, 1.165) is 43.0 Å². The summed E-state index contributed by atoms with van der Waals surface area (Å²) in [5.41, 5.74) is 1.03. The van der Waals surface area contributed by atoms with E-state index in [1.807, 2.05) is 66.4 Å². The number of piperidine rings is 1. The standard InChI is InChI=1S/C22H27NO3/c1-2-25-21-12-10-18(11-13-21)15-22(24)23-14-6-7-19(16-23)17-26-20-8-4-3-5-9-20/h3-5,8-13,19H,2,6-7,14-17H2,1H3. The number of benzene rings is 2. The lowest BCUT2D eigenvalue weighted by Crippen LogP contribution is -2.42. The van der Waals surface area contributed by atoms with Gasteiger partial charge in [-0.15, -0.1) is 0 Å². The molecule has 0 radical (unpaired) electrons. The Morgan fingerprint density at radius 3 is 2.50 bits per heavy atom. The van der Waals surface area contributed by atoms with Crippen LogP contribution in [0, 0.1) is 5.92 Å². The molecule has 0 saturated carbocycles. The summed E-state index contributed by atoms with van der Waals surface area (Å²) in [5, 5.41) is 0. The van der Waals surface area contributed by atoms with Crippen molar-refractivity contribution in [2.45, 2.75) is 26.2 Å². The van der Waals surface area contributed by atoms with Gasteiger partial charge in [-0.2, -0.15) is 0 Å². The lowest BCUT2D eigenvalue weighted by atomic mass is 9.98. The third kappa shape index (κ3) is 5.25. The lowest BCUT2D eigenvalue weighted by Gasteiger charge is -2.32. The van der Waals surface area contributed by atoms with Crippen LogP contribution in [0.25, 0.3) is 0 Å². The monoisotopic (exact) mass is 353 g/mol. The molecule has 1 amide bonds. The maximum atomic E-state index is 12.7. The molecule has 1 aliphatic heterocycles. The molecular weight excluding hydrogens is 326 g/mol. The number of para-hydroxylation sites is 1. The molecule has 1 heterocycles. The molecule has 138 valence electrons. The zero-order valence-corrected chi connectivity index (χ0v) is 15.4. The second-order valence-electron chi connectivity index (χ2n) is 6.73. The Bertz CT molecular complexity index is 684. The zero-order valence-electron chi connectivity index (χ0n) is 15.4. The molecule has 2 aromatic rings. The van der Waals surface area contributed by atoms with Crippen LogP contribution in [-0.4, -0.2) is 37.1 Å². The number of nitrogens with zero attached hydrogens (tertiary/aromatic N) is 1. The van der Waals surface area contributed by atoms with Gasteiger partial charge in [-0.25, -0.2) is 0 Å². The highest BCUT2D eigenvalue weighted by atomic mass is 16.5. The van der Waals surface area contributed by atoms with E-state index in [2.05, 4.69) is 0 Å². The van der Waals surface area contributed by atoms with Crippen molar-refractivity contribution >= 4 is 5.91 Å². The van der Waals surface area contributed by atoms with Gasteiger partial charge in [-0.3, -0.25) is 4.79 Å². The van der Waals surface area contributed by atoms with Gasteiger partial charge in [0.05, 0.1) is 19.6 Å². The van der Waals surface area contributed by atoms with Gasteiger partial charge in [0.2, 0.25) is 5.91 Å². The van der Waals surface area contributed by atoms with E-state index in [9.17, 15) is 4.79 Å². The third-order valence-electron chi connectivity index (χ3n) is 4.69. The van der Waals surface area contributed by atoms with Crippen molar-refractivity contribution in [2.75, 3.05) is 26.3 Å². The van der Waals surface area contributed by atoms with E-state index in [4.69, 9.17) is 9.47 Å². The van der Waals surface area contributed by atoms with E-state index < -0.39 is 0 Å². The number of ether oxygens (including phenoxy) is 2. The highest BCUT2D eigenvalue weighted by molar-refractivity contribution is 5.78. The van der Waals surface area contributed by atoms with Crippen molar-refractivity contribution in [2.24, 2.45) is 5.92 Å². The van der Waals surface area contributed by atoms with Gasteiger partial charge < -0.3 is 14.4 Å². The first kappa shape index (κ1) is 18.3. The molecule has 1 fully saturated rings. The summed E-state index contributed by atoms with van der Waals surface area (Å²) >= 11 is 0. The van der Waals surface area contributed by atoms with Crippen molar-refractivity contribution in [1.29, 1.82) is 0 Å². The zero-order chi connectivity index (χ0) is 18.2. The van der Waals surface area contributed by atoms with Gasteiger partial charge >= 0.3 is 0 Å². The number of carbonyl (C=O) groups excluding carboxylic acids is 1. The molecule has 0 bridgehead atoms. The van der Waals surface area contributed by atoms with Gasteiger partial charge in [-0.1, -0.05) is 30.3 Å². The largest absolute Gasteiger partial charge is 0.494 e. The summed E-state index contributed by atoms with van der Waals surface area (Å²) in [6.07, 6.45) is 2.59. The predicted molar refractivity (Wildman–Crippen MR) is 103 cm³/mol. The smallest absolute Gasteiger partial charge is 0.227 e. The highest BCUT2D eigenvalue weighted by Crippen LogP contribution is 2.20. The normalized spacial score (nSPS) is 17.0. The molecule has 4 nitrogen and oxygen atoms in total. The van der Waals surface area contributed by atoms with Gasteiger partial charge in [-0.05, 0) is 49.6 Å². The van der Waals surface area contributed by atoms with E-state index in [1.54, 1.807) is 0 Å². The molecule has 0 aromatic heterocycles. The lowest BCUT2D eigenvalue weighted by molar-refractivity contribution is -0.132. The quantitative estimate of drug-likeness (QED) is 0.757. The SMILES string of the molecule is CCOc1ccc(CC(=O)N2CCCC(COc3ccccc3)C2)cc1. The Labute approximate surface area is 155 Å². The average molecular weight is 353 g/mol. The van der Waals surface area contributed by atoms with E-state index in [-0.39, 0.29) is 5.91 Å². The molecule has 1 unspecified atom stereocenters. The maximum Gasteiger partial charge on any atom is 0.227 e. The van der Waals surface area contributed by atoms with E-state index >= 15 is 0 Å². The second kappa shape index (κ2) is 9.27. The first-order chi connectivity index (χ1) is 12.7. The van der Waals surface area contributed by atoms with Crippen LogP contribution in [0.1, 0.15) is 25.3 Å². The molecule has 0 spiro atoms. The Kier molecular flexibility index (Phi) is 6.53. The summed E-state index contributed by atoms with van der Waals surface area (Å²) in [5.74, 6) is 2.33. The molecule has 0 aliphatic carbocycles. The molecule has 0 N–H and O–H groups in total. The average Bonchev–Trinajstić information content (AvgIpc) is 2.69. The van der Waals surface area contributed by atoms with Crippen molar-refractivity contribution in [3.8, 4) is 11.5 Å². The molecule has 4 heteroatoms. The Morgan fingerprint density at radius 2 is 1.77 bits per heavy atom. The maximum absolute atomic E-state index is 12.7. The van der Waals surface area contributed by atoms with Gasteiger partial charge in [0.1, 0.15) is 11.5 Å². The van der Waals surface area contributed by atoms with Crippen molar-refractivity contribution in [3.63, 3.8) is 0 Å². The molecular formula is C22H27NO3.